The van der Waals surface area contributed by atoms with E-state index in [0.717, 1.165) is 28.6 Å². The third kappa shape index (κ3) is 2.32. The van der Waals surface area contributed by atoms with Gasteiger partial charge in [-0.1, -0.05) is 16.3 Å². The summed E-state index contributed by atoms with van der Waals surface area (Å²) >= 11 is 0. The highest BCUT2D eigenvalue weighted by Crippen LogP contribution is 1.98. The molecule has 1 aromatic heterocycles. The number of amidine groups is 2. The number of pyridine rings is 1. The zero-order valence-corrected chi connectivity index (χ0v) is 9.47. The molecule has 1 atom stereocenters. The second-order valence-electron chi connectivity index (χ2n) is 3.69. The molecule has 0 aliphatic carbocycles. The molecule has 5 heteroatoms. The van der Waals surface area contributed by atoms with E-state index in [4.69, 9.17) is 4.74 Å². The molecule has 0 bridgehead atoms. The molecule has 2 heterocycles. The molecular weight excluding hydrogens is 204 g/mol. The molecule has 1 aliphatic heterocycles. The summed E-state index contributed by atoms with van der Waals surface area (Å²) in [4.78, 5) is 5.20. The van der Waals surface area contributed by atoms with E-state index in [-0.39, 0.29) is 0 Å². The Morgan fingerprint density at radius 1 is 1.31 bits per heavy atom. The Morgan fingerprint density at radius 2 is 2.12 bits per heavy atom. The van der Waals surface area contributed by atoms with Crippen molar-refractivity contribution in [3.8, 4) is 0 Å². The van der Waals surface area contributed by atoms with Crippen molar-refractivity contribution >= 4 is 11.7 Å². The van der Waals surface area contributed by atoms with E-state index in [1.54, 1.807) is 13.3 Å². The number of ether oxygens (including phenoxy) is 1. The average Bonchev–Trinajstić information content (AvgIpc) is 2.64. The van der Waals surface area contributed by atoms with Crippen molar-refractivity contribution in [1.29, 1.82) is 0 Å². The Kier molecular flexibility index (Phi) is 3.38. The first-order valence-corrected chi connectivity index (χ1v) is 5.17. The van der Waals surface area contributed by atoms with E-state index in [9.17, 15) is 0 Å². The first-order chi connectivity index (χ1) is 7.81. The fourth-order valence-corrected chi connectivity index (χ4v) is 1.58. The van der Waals surface area contributed by atoms with Crippen molar-refractivity contribution < 1.29 is 9.64 Å². The molecule has 2 rings (SSSR count). The van der Waals surface area contributed by atoms with Gasteiger partial charge in [-0.15, -0.1) is 0 Å². The first kappa shape index (κ1) is 10.9. The Hall–Kier alpha value is -1.59. The van der Waals surface area contributed by atoms with Crippen molar-refractivity contribution in [3.63, 3.8) is 0 Å². The third-order valence-electron chi connectivity index (χ3n) is 2.53. The summed E-state index contributed by atoms with van der Waals surface area (Å²) in [6.07, 6.45) is 4.39. The number of hydrogen-bond acceptors (Lipinski definition) is 4. The van der Waals surface area contributed by atoms with Gasteiger partial charge in [0.25, 0.3) is 5.84 Å². The maximum Gasteiger partial charge on any atom is 0.252 e. The van der Waals surface area contributed by atoms with Gasteiger partial charge >= 0.3 is 0 Å². The van der Waals surface area contributed by atoms with Crippen molar-refractivity contribution in [2.45, 2.75) is 6.42 Å². The molecule has 1 N–H and O–H groups in total. The summed E-state index contributed by atoms with van der Waals surface area (Å²) in [6, 6.07) is 3.97. The van der Waals surface area contributed by atoms with Crippen LogP contribution in [0.25, 0.3) is 0 Å². The van der Waals surface area contributed by atoms with Crippen LogP contribution in [0.2, 0.25) is 0 Å². The molecule has 0 aromatic carbocycles. The molecule has 0 saturated heterocycles. The number of likely N-dealkylation sites (N-methyl/N-ethyl adjacent to an activating group) is 1. The summed E-state index contributed by atoms with van der Waals surface area (Å²) in [6.45, 7) is 0.520. The van der Waals surface area contributed by atoms with Gasteiger partial charge < -0.3 is 4.74 Å². The van der Waals surface area contributed by atoms with E-state index >= 15 is 0 Å². The fourth-order valence-electron chi connectivity index (χ4n) is 1.58. The average molecular weight is 219 g/mol. The highest BCUT2D eigenvalue weighted by Gasteiger charge is 2.25. The summed E-state index contributed by atoms with van der Waals surface area (Å²) < 4.78 is 5.06. The van der Waals surface area contributed by atoms with Crippen molar-refractivity contribution in [3.05, 3.63) is 30.1 Å². The van der Waals surface area contributed by atoms with Crippen LogP contribution in [-0.4, -0.2) is 37.4 Å². The maximum atomic E-state index is 5.06. The topological polar surface area (TPSA) is 51.3 Å². The molecule has 1 unspecified atom stereocenters. The summed E-state index contributed by atoms with van der Waals surface area (Å²) in [5.41, 5.74) is 1.15. The number of nitrogens with one attached hydrogen (secondary N) is 1. The minimum atomic E-state index is 0.520. The van der Waals surface area contributed by atoms with Crippen LogP contribution in [0.1, 0.15) is 5.56 Å². The Bertz CT molecular complexity index is 413. The SMILES string of the molecule is COCC1=NN=C(Cc2cccnc2)[NH+]1C. The Morgan fingerprint density at radius 3 is 2.81 bits per heavy atom. The minimum Gasteiger partial charge on any atom is -0.372 e. The van der Waals surface area contributed by atoms with Crippen LogP contribution in [0.3, 0.4) is 0 Å². The normalized spacial score (nSPS) is 19.5. The van der Waals surface area contributed by atoms with Crippen LogP contribution >= 0.6 is 0 Å². The lowest BCUT2D eigenvalue weighted by molar-refractivity contribution is -0.675. The second kappa shape index (κ2) is 4.96. The molecule has 84 valence electrons. The highest BCUT2D eigenvalue weighted by atomic mass is 16.5. The van der Waals surface area contributed by atoms with Crippen LogP contribution in [0, 0.1) is 0 Å². The lowest BCUT2D eigenvalue weighted by Gasteiger charge is -2.09. The van der Waals surface area contributed by atoms with Crippen LogP contribution < -0.4 is 4.90 Å². The summed E-state index contributed by atoms with van der Waals surface area (Å²) in [5.74, 6) is 1.92. The first-order valence-electron chi connectivity index (χ1n) is 5.17. The lowest BCUT2D eigenvalue weighted by Crippen LogP contribution is -3.14. The zero-order chi connectivity index (χ0) is 11.4. The van der Waals surface area contributed by atoms with Crippen LogP contribution in [-0.2, 0) is 11.2 Å². The molecule has 0 spiro atoms. The minimum absolute atomic E-state index is 0.520. The predicted molar refractivity (Wildman–Crippen MR) is 61.6 cm³/mol. The van der Waals surface area contributed by atoms with E-state index in [1.165, 1.54) is 0 Å². The van der Waals surface area contributed by atoms with E-state index < -0.39 is 0 Å². The largest absolute Gasteiger partial charge is 0.372 e. The molecule has 16 heavy (non-hydrogen) atoms. The molecule has 0 saturated carbocycles. The van der Waals surface area contributed by atoms with E-state index in [0.29, 0.717) is 6.61 Å². The van der Waals surface area contributed by atoms with Crippen LogP contribution in [0.4, 0.5) is 0 Å². The van der Waals surface area contributed by atoms with E-state index in [1.807, 2.05) is 25.4 Å². The number of quaternary nitrogens is 1. The van der Waals surface area contributed by atoms with Gasteiger partial charge in [0.2, 0.25) is 5.84 Å². The smallest absolute Gasteiger partial charge is 0.252 e. The standard InChI is InChI=1S/C11H14N4O/c1-15-10(13-14-11(15)8-16-2)6-9-4-3-5-12-7-9/h3-5,7H,6,8H2,1-2H3/p+1. The predicted octanol–water partition coefficient (Wildman–Crippen LogP) is -0.489. The molecule has 5 nitrogen and oxygen atoms in total. The third-order valence-corrected chi connectivity index (χ3v) is 2.53. The number of rotatable bonds is 4. The van der Waals surface area contributed by atoms with Crippen molar-refractivity contribution in [2.24, 2.45) is 10.2 Å². The number of methoxy groups -OCH3 is 1. The van der Waals surface area contributed by atoms with Gasteiger partial charge in [-0.3, -0.25) is 4.98 Å². The number of hydrogen-bond donors (Lipinski definition) is 1. The van der Waals surface area contributed by atoms with Gasteiger partial charge in [-0.05, 0) is 11.6 Å². The van der Waals surface area contributed by atoms with Gasteiger partial charge in [0.05, 0.1) is 13.5 Å². The molecule has 0 fully saturated rings. The van der Waals surface area contributed by atoms with E-state index in [2.05, 4.69) is 15.2 Å². The summed E-state index contributed by atoms with van der Waals surface area (Å²) in [7, 11) is 3.69. The quantitative estimate of drug-likeness (QED) is 0.743. The van der Waals surface area contributed by atoms with Gasteiger partial charge in [0, 0.05) is 19.5 Å². The molecular formula is C11H15N4O+. The maximum absolute atomic E-state index is 5.06. The Labute approximate surface area is 94.5 Å². The van der Waals surface area contributed by atoms with Gasteiger partial charge in [-0.25, -0.2) is 4.90 Å². The number of aromatic nitrogens is 1. The van der Waals surface area contributed by atoms with Crippen molar-refractivity contribution in [1.82, 2.24) is 4.98 Å². The fraction of sp³-hybridized carbons (Fsp3) is 0.364. The van der Waals surface area contributed by atoms with Gasteiger partial charge in [0.15, 0.2) is 0 Å². The number of nitrogens with zero attached hydrogens (tertiary/aromatic N) is 3. The molecule has 0 radical (unpaired) electrons. The monoisotopic (exact) mass is 219 g/mol. The van der Waals surface area contributed by atoms with Crippen molar-refractivity contribution in [2.75, 3.05) is 20.8 Å². The molecule has 0 amide bonds. The second-order valence-corrected chi connectivity index (χ2v) is 3.69. The van der Waals surface area contributed by atoms with Gasteiger partial charge in [-0.2, -0.15) is 0 Å². The zero-order valence-electron chi connectivity index (χ0n) is 9.47. The molecule has 1 aliphatic rings. The highest BCUT2D eigenvalue weighted by molar-refractivity contribution is 5.91. The lowest BCUT2D eigenvalue weighted by atomic mass is 10.2. The summed E-state index contributed by atoms with van der Waals surface area (Å²) in [5, 5.41) is 8.28. The van der Waals surface area contributed by atoms with Crippen LogP contribution in [0.5, 0.6) is 0 Å². The van der Waals surface area contributed by atoms with Crippen LogP contribution in [0.15, 0.2) is 34.7 Å². The molecule has 1 aromatic rings. The Balaban J connectivity index is 2.00. The van der Waals surface area contributed by atoms with Gasteiger partial charge in [0.1, 0.15) is 6.61 Å².